The highest BCUT2D eigenvalue weighted by molar-refractivity contribution is 5.75. The summed E-state index contributed by atoms with van der Waals surface area (Å²) in [6.45, 7) is 1.14. The molecule has 6 heteroatoms. The minimum absolute atomic E-state index is 0.0196. The summed E-state index contributed by atoms with van der Waals surface area (Å²) >= 11 is 0. The molecule has 1 saturated heterocycles. The van der Waals surface area contributed by atoms with E-state index in [9.17, 15) is 4.79 Å². The number of pyridine rings is 1. The van der Waals surface area contributed by atoms with E-state index in [0.29, 0.717) is 6.54 Å². The molecule has 132 valence electrons. The van der Waals surface area contributed by atoms with Crippen molar-refractivity contribution in [1.29, 1.82) is 0 Å². The van der Waals surface area contributed by atoms with E-state index >= 15 is 0 Å². The molecule has 6 nitrogen and oxygen atoms in total. The fourth-order valence-corrected chi connectivity index (χ4v) is 3.20. The lowest BCUT2D eigenvalue weighted by Crippen LogP contribution is -2.39. The Morgan fingerprint density at radius 2 is 2.16 bits per heavy atom. The number of methoxy groups -OCH3 is 2. The molecule has 0 saturated carbocycles. The highest BCUT2D eigenvalue weighted by Crippen LogP contribution is 2.38. The summed E-state index contributed by atoms with van der Waals surface area (Å²) in [5, 5.41) is 2.96. The second-order valence-electron chi connectivity index (χ2n) is 5.94. The molecular weight excluding hydrogens is 318 g/mol. The van der Waals surface area contributed by atoms with E-state index in [1.807, 2.05) is 41.3 Å². The van der Waals surface area contributed by atoms with Gasteiger partial charge in [-0.05, 0) is 43.2 Å². The molecule has 2 aromatic rings. The predicted molar refractivity (Wildman–Crippen MR) is 94.7 cm³/mol. The number of urea groups is 1. The third-order valence-corrected chi connectivity index (χ3v) is 4.46. The average molecular weight is 341 g/mol. The van der Waals surface area contributed by atoms with Crippen molar-refractivity contribution in [1.82, 2.24) is 15.2 Å². The fraction of sp³-hybridized carbons (Fsp3) is 0.368. The minimum Gasteiger partial charge on any atom is -0.497 e. The molecule has 0 unspecified atom stereocenters. The van der Waals surface area contributed by atoms with Crippen LogP contribution in [-0.2, 0) is 6.54 Å². The molecule has 1 atom stereocenters. The number of hydrogen-bond donors (Lipinski definition) is 1. The number of carbonyl (C=O) groups excluding carboxylic acids is 1. The lowest BCUT2D eigenvalue weighted by Gasteiger charge is -2.26. The highest BCUT2D eigenvalue weighted by Gasteiger charge is 2.32. The largest absolute Gasteiger partial charge is 0.497 e. The number of nitrogens with zero attached hydrogens (tertiary/aromatic N) is 2. The van der Waals surface area contributed by atoms with Gasteiger partial charge in [0.25, 0.3) is 0 Å². The summed E-state index contributed by atoms with van der Waals surface area (Å²) in [5.74, 6) is 1.53. The predicted octanol–water partition coefficient (Wildman–Crippen LogP) is 3.15. The van der Waals surface area contributed by atoms with Gasteiger partial charge in [0, 0.05) is 18.3 Å². The second-order valence-corrected chi connectivity index (χ2v) is 5.94. The van der Waals surface area contributed by atoms with Crippen LogP contribution in [0.3, 0.4) is 0 Å². The van der Waals surface area contributed by atoms with Crippen molar-refractivity contribution >= 4 is 6.03 Å². The van der Waals surface area contributed by atoms with E-state index in [1.165, 1.54) is 0 Å². The van der Waals surface area contributed by atoms with Gasteiger partial charge in [-0.2, -0.15) is 0 Å². The quantitative estimate of drug-likeness (QED) is 0.907. The van der Waals surface area contributed by atoms with Crippen molar-refractivity contribution < 1.29 is 14.3 Å². The van der Waals surface area contributed by atoms with E-state index in [2.05, 4.69) is 10.3 Å². The van der Waals surface area contributed by atoms with Gasteiger partial charge in [0.2, 0.25) is 0 Å². The van der Waals surface area contributed by atoms with Crippen LogP contribution in [0.15, 0.2) is 42.6 Å². The van der Waals surface area contributed by atoms with Gasteiger partial charge in [-0.1, -0.05) is 6.07 Å². The number of hydrogen-bond acceptors (Lipinski definition) is 4. The Bertz CT molecular complexity index is 721. The second kappa shape index (κ2) is 7.88. The monoisotopic (exact) mass is 341 g/mol. The van der Waals surface area contributed by atoms with Gasteiger partial charge in [0.15, 0.2) is 0 Å². The topological polar surface area (TPSA) is 63.7 Å². The molecular formula is C19H23N3O3. The summed E-state index contributed by atoms with van der Waals surface area (Å²) in [7, 11) is 3.28. The first-order valence-corrected chi connectivity index (χ1v) is 8.39. The number of nitrogens with one attached hydrogen (secondary N) is 1. The molecule has 1 aromatic heterocycles. The number of likely N-dealkylation sites (tertiary alicyclic amines) is 1. The molecule has 1 N–H and O–H groups in total. The summed E-state index contributed by atoms with van der Waals surface area (Å²) < 4.78 is 10.8. The lowest BCUT2D eigenvalue weighted by molar-refractivity contribution is 0.191. The minimum atomic E-state index is -0.0852. The number of carbonyl (C=O) groups is 1. The van der Waals surface area contributed by atoms with Crippen LogP contribution in [0.2, 0.25) is 0 Å². The third kappa shape index (κ3) is 3.84. The zero-order valence-electron chi connectivity index (χ0n) is 14.6. The Kier molecular flexibility index (Phi) is 5.38. The zero-order chi connectivity index (χ0) is 17.6. The van der Waals surface area contributed by atoms with Gasteiger partial charge in [-0.15, -0.1) is 0 Å². The molecule has 0 radical (unpaired) electrons. The van der Waals surface area contributed by atoms with E-state index in [4.69, 9.17) is 9.47 Å². The maximum absolute atomic E-state index is 12.7. The van der Waals surface area contributed by atoms with Crippen LogP contribution in [0.1, 0.15) is 30.1 Å². The maximum atomic E-state index is 12.7. The molecule has 0 bridgehead atoms. The molecule has 0 aliphatic carbocycles. The Morgan fingerprint density at radius 3 is 2.88 bits per heavy atom. The van der Waals surface area contributed by atoms with Gasteiger partial charge in [-0.3, -0.25) is 4.98 Å². The molecule has 2 heterocycles. The molecule has 0 spiro atoms. The summed E-state index contributed by atoms with van der Waals surface area (Å²) in [6.07, 6.45) is 3.59. The van der Waals surface area contributed by atoms with Crippen molar-refractivity contribution in [3.05, 3.63) is 53.9 Å². The van der Waals surface area contributed by atoms with E-state index in [-0.39, 0.29) is 12.1 Å². The van der Waals surface area contributed by atoms with Crippen LogP contribution in [0.25, 0.3) is 0 Å². The average Bonchev–Trinajstić information content (AvgIpc) is 3.16. The van der Waals surface area contributed by atoms with Crippen molar-refractivity contribution in [2.45, 2.75) is 25.4 Å². The van der Waals surface area contributed by atoms with Crippen LogP contribution in [0.5, 0.6) is 11.5 Å². The van der Waals surface area contributed by atoms with Gasteiger partial charge in [-0.25, -0.2) is 4.79 Å². The molecule has 2 amide bonds. The van der Waals surface area contributed by atoms with Crippen molar-refractivity contribution in [2.24, 2.45) is 0 Å². The number of amides is 2. The maximum Gasteiger partial charge on any atom is 0.318 e. The normalized spacial score (nSPS) is 16.6. The van der Waals surface area contributed by atoms with Crippen LogP contribution in [0.4, 0.5) is 4.79 Å². The van der Waals surface area contributed by atoms with Crippen LogP contribution in [-0.4, -0.2) is 36.7 Å². The van der Waals surface area contributed by atoms with E-state index in [1.54, 1.807) is 20.4 Å². The lowest BCUT2D eigenvalue weighted by atomic mass is 10.0. The number of ether oxygens (including phenoxy) is 2. The molecule has 1 aliphatic heterocycles. The molecule has 1 aliphatic rings. The van der Waals surface area contributed by atoms with Crippen LogP contribution in [0, 0.1) is 0 Å². The molecule has 3 rings (SSSR count). The number of aromatic nitrogens is 1. The van der Waals surface area contributed by atoms with E-state index in [0.717, 1.165) is 42.1 Å². The summed E-state index contributed by atoms with van der Waals surface area (Å²) in [5.41, 5.74) is 1.82. The number of benzene rings is 1. The van der Waals surface area contributed by atoms with Gasteiger partial charge in [0.05, 0.1) is 32.5 Å². The molecule has 25 heavy (non-hydrogen) atoms. The Labute approximate surface area is 147 Å². The van der Waals surface area contributed by atoms with Gasteiger partial charge < -0.3 is 19.7 Å². The number of rotatable bonds is 5. The van der Waals surface area contributed by atoms with Crippen LogP contribution < -0.4 is 14.8 Å². The zero-order valence-corrected chi connectivity index (χ0v) is 14.6. The summed E-state index contributed by atoms with van der Waals surface area (Å²) in [4.78, 5) is 18.8. The van der Waals surface area contributed by atoms with Gasteiger partial charge >= 0.3 is 6.03 Å². The van der Waals surface area contributed by atoms with Crippen LogP contribution >= 0.6 is 0 Å². The van der Waals surface area contributed by atoms with Gasteiger partial charge in [0.1, 0.15) is 11.5 Å². The molecule has 1 fully saturated rings. The summed E-state index contributed by atoms with van der Waals surface area (Å²) in [6, 6.07) is 11.3. The first kappa shape index (κ1) is 17.1. The van der Waals surface area contributed by atoms with Crippen molar-refractivity contribution in [3.63, 3.8) is 0 Å². The Balaban J connectivity index is 1.75. The third-order valence-electron chi connectivity index (χ3n) is 4.46. The van der Waals surface area contributed by atoms with Crippen molar-refractivity contribution in [3.8, 4) is 11.5 Å². The smallest absolute Gasteiger partial charge is 0.318 e. The Morgan fingerprint density at radius 1 is 1.28 bits per heavy atom. The van der Waals surface area contributed by atoms with E-state index < -0.39 is 0 Å². The first-order valence-electron chi connectivity index (χ1n) is 8.39. The highest BCUT2D eigenvalue weighted by atomic mass is 16.5. The molecule has 1 aromatic carbocycles. The fourth-order valence-electron chi connectivity index (χ4n) is 3.20. The Hall–Kier alpha value is -2.76. The first-order chi connectivity index (χ1) is 12.2. The standard InChI is InChI=1S/C19H23N3O3/c1-24-15-8-9-18(25-2)16(12-15)17-7-5-11-22(17)19(23)21-13-14-6-3-4-10-20-14/h3-4,6,8-10,12,17H,5,7,11,13H2,1-2H3,(H,21,23)/t17-/m1/s1. The SMILES string of the molecule is COc1ccc(OC)c([C@H]2CCCN2C(=O)NCc2ccccn2)c1. The van der Waals surface area contributed by atoms with Crippen molar-refractivity contribution in [2.75, 3.05) is 20.8 Å².